The van der Waals surface area contributed by atoms with Crippen LogP contribution in [0.2, 0.25) is 0 Å². The first-order chi connectivity index (χ1) is 14.2. The van der Waals surface area contributed by atoms with E-state index in [4.69, 9.17) is 14.2 Å². The number of hydrogen-bond donors (Lipinski definition) is 1. The molecule has 158 valence electrons. The van der Waals surface area contributed by atoms with E-state index >= 15 is 0 Å². The summed E-state index contributed by atoms with van der Waals surface area (Å²) in [5, 5.41) is 3.49. The zero-order valence-electron chi connectivity index (χ0n) is 16.8. The molecular formula is C22H28BrFN2O3. The van der Waals surface area contributed by atoms with Crippen molar-refractivity contribution in [1.29, 1.82) is 0 Å². The molecule has 0 atom stereocenters. The zero-order chi connectivity index (χ0) is 20.5. The van der Waals surface area contributed by atoms with Gasteiger partial charge in [-0.3, -0.25) is 4.90 Å². The first-order valence-electron chi connectivity index (χ1n) is 9.99. The van der Waals surface area contributed by atoms with Crippen molar-refractivity contribution in [2.45, 2.75) is 20.1 Å². The second kappa shape index (κ2) is 11.5. The van der Waals surface area contributed by atoms with Crippen LogP contribution in [0.4, 0.5) is 4.39 Å². The van der Waals surface area contributed by atoms with Crippen molar-refractivity contribution in [3.63, 3.8) is 0 Å². The Balaban J connectivity index is 1.58. The molecule has 7 heteroatoms. The molecule has 0 spiro atoms. The van der Waals surface area contributed by atoms with Crippen LogP contribution in [0.15, 0.2) is 40.9 Å². The third kappa shape index (κ3) is 6.67. The number of halogens is 2. The minimum Gasteiger partial charge on any atom is -0.490 e. The van der Waals surface area contributed by atoms with Gasteiger partial charge in [0.15, 0.2) is 11.5 Å². The maximum absolute atomic E-state index is 13.9. The molecule has 1 aliphatic rings. The molecule has 0 aliphatic carbocycles. The van der Waals surface area contributed by atoms with Crippen molar-refractivity contribution < 1.29 is 18.6 Å². The maximum atomic E-state index is 13.9. The van der Waals surface area contributed by atoms with E-state index in [1.807, 2.05) is 19.1 Å². The number of ether oxygens (including phenoxy) is 3. The van der Waals surface area contributed by atoms with Crippen molar-refractivity contribution in [2.24, 2.45) is 0 Å². The summed E-state index contributed by atoms with van der Waals surface area (Å²) in [6.45, 7) is 8.86. The summed E-state index contributed by atoms with van der Waals surface area (Å²) in [4.78, 5) is 2.40. The van der Waals surface area contributed by atoms with E-state index in [0.29, 0.717) is 23.7 Å². The summed E-state index contributed by atoms with van der Waals surface area (Å²) >= 11 is 3.63. The predicted molar refractivity (Wildman–Crippen MR) is 115 cm³/mol. The molecule has 1 fully saturated rings. The maximum Gasteiger partial charge on any atom is 0.162 e. The van der Waals surface area contributed by atoms with E-state index in [1.54, 1.807) is 18.2 Å². The van der Waals surface area contributed by atoms with Crippen LogP contribution >= 0.6 is 15.9 Å². The van der Waals surface area contributed by atoms with Crippen LogP contribution < -0.4 is 14.8 Å². The van der Waals surface area contributed by atoms with Gasteiger partial charge in [-0.2, -0.15) is 0 Å². The van der Waals surface area contributed by atoms with Crippen molar-refractivity contribution in [1.82, 2.24) is 10.2 Å². The van der Waals surface area contributed by atoms with Gasteiger partial charge in [0.05, 0.1) is 19.8 Å². The highest BCUT2D eigenvalue weighted by atomic mass is 79.9. The van der Waals surface area contributed by atoms with Gasteiger partial charge in [-0.05, 0) is 30.7 Å². The Morgan fingerprint density at radius 1 is 1.10 bits per heavy atom. The van der Waals surface area contributed by atoms with E-state index in [1.165, 1.54) is 6.07 Å². The summed E-state index contributed by atoms with van der Waals surface area (Å²) in [6, 6.07) is 10.5. The van der Waals surface area contributed by atoms with Crippen LogP contribution in [-0.2, 0) is 17.9 Å². The Labute approximate surface area is 180 Å². The van der Waals surface area contributed by atoms with Gasteiger partial charge in [0.25, 0.3) is 0 Å². The monoisotopic (exact) mass is 466 g/mol. The Morgan fingerprint density at radius 2 is 1.86 bits per heavy atom. The number of rotatable bonds is 10. The Kier molecular flexibility index (Phi) is 8.73. The molecule has 0 radical (unpaired) electrons. The smallest absolute Gasteiger partial charge is 0.162 e. The van der Waals surface area contributed by atoms with Crippen molar-refractivity contribution >= 4 is 15.9 Å². The largest absolute Gasteiger partial charge is 0.490 e. The lowest BCUT2D eigenvalue weighted by molar-refractivity contribution is 0.0384. The molecule has 0 bridgehead atoms. The fourth-order valence-corrected chi connectivity index (χ4v) is 3.61. The van der Waals surface area contributed by atoms with Gasteiger partial charge in [-0.1, -0.05) is 34.1 Å². The lowest BCUT2D eigenvalue weighted by Crippen LogP contribution is -2.40. The molecule has 29 heavy (non-hydrogen) atoms. The van der Waals surface area contributed by atoms with E-state index < -0.39 is 0 Å². The van der Waals surface area contributed by atoms with E-state index in [9.17, 15) is 4.39 Å². The fourth-order valence-electron chi connectivity index (χ4n) is 3.15. The third-order valence-electron chi connectivity index (χ3n) is 4.78. The summed E-state index contributed by atoms with van der Waals surface area (Å²) in [5.74, 6) is 0.988. The Hall–Kier alpha value is -1.67. The second-order valence-electron chi connectivity index (χ2n) is 6.83. The summed E-state index contributed by atoms with van der Waals surface area (Å²) in [6.07, 6.45) is 0. The highest BCUT2D eigenvalue weighted by molar-refractivity contribution is 9.10. The number of benzene rings is 2. The minimum atomic E-state index is -0.273. The van der Waals surface area contributed by atoms with Crippen LogP contribution in [0.25, 0.3) is 0 Å². The van der Waals surface area contributed by atoms with Crippen LogP contribution in [0.5, 0.6) is 11.5 Å². The van der Waals surface area contributed by atoms with E-state index in [0.717, 1.165) is 56.0 Å². The number of morpholine rings is 1. The Bertz CT molecular complexity index is 785. The summed E-state index contributed by atoms with van der Waals surface area (Å²) in [7, 11) is 0. The van der Waals surface area contributed by atoms with Gasteiger partial charge in [0, 0.05) is 42.8 Å². The van der Waals surface area contributed by atoms with Crippen LogP contribution in [0.1, 0.15) is 18.1 Å². The van der Waals surface area contributed by atoms with Crippen molar-refractivity contribution in [3.05, 3.63) is 57.8 Å². The molecule has 1 N–H and O–H groups in total. The van der Waals surface area contributed by atoms with Gasteiger partial charge < -0.3 is 19.5 Å². The average molecular weight is 467 g/mol. The molecular weight excluding hydrogens is 439 g/mol. The predicted octanol–water partition coefficient (Wildman–Crippen LogP) is 3.99. The SMILES string of the molecule is CCOc1cc(CNCCN2CCOCC2)c(Br)cc1OCc1ccccc1F. The first-order valence-corrected chi connectivity index (χ1v) is 10.8. The first kappa shape index (κ1) is 22.0. The van der Waals surface area contributed by atoms with Gasteiger partial charge >= 0.3 is 0 Å². The number of nitrogens with one attached hydrogen (secondary N) is 1. The van der Waals surface area contributed by atoms with Crippen LogP contribution in [0, 0.1) is 5.82 Å². The third-order valence-corrected chi connectivity index (χ3v) is 5.52. The molecule has 0 unspecified atom stereocenters. The quantitative estimate of drug-likeness (QED) is 0.536. The summed E-state index contributed by atoms with van der Waals surface area (Å²) in [5.41, 5.74) is 1.61. The topological polar surface area (TPSA) is 43.0 Å². The van der Waals surface area contributed by atoms with Crippen molar-refractivity contribution in [3.8, 4) is 11.5 Å². The lowest BCUT2D eigenvalue weighted by Gasteiger charge is -2.26. The molecule has 1 aliphatic heterocycles. The van der Waals surface area contributed by atoms with E-state index in [2.05, 4.69) is 26.1 Å². The average Bonchev–Trinajstić information content (AvgIpc) is 2.74. The standard InChI is InChI=1S/C22H28BrFN2O3/c1-2-28-21-13-18(15-25-7-8-26-9-11-27-12-10-26)19(23)14-22(21)29-16-17-5-3-4-6-20(17)24/h3-6,13-14,25H,2,7-12,15-16H2,1H3. The summed E-state index contributed by atoms with van der Waals surface area (Å²) < 4.78 is 31.8. The molecule has 5 nitrogen and oxygen atoms in total. The van der Waals surface area contributed by atoms with Crippen LogP contribution in [0.3, 0.4) is 0 Å². The molecule has 2 aromatic carbocycles. The van der Waals surface area contributed by atoms with E-state index in [-0.39, 0.29) is 12.4 Å². The fraction of sp³-hybridized carbons (Fsp3) is 0.455. The second-order valence-corrected chi connectivity index (χ2v) is 7.69. The normalized spacial score (nSPS) is 14.7. The highest BCUT2D eigenvalue weighted by Crippen LogP contribution is 2.34. The van der Waals surface area contributed by atoms with Gasteiger partial charge in [-0.25, -0.2) is 4.39 Å². The molecule has 0 saturated carbocycles. The molecule has 3 rings (SSSR count). The minimum absolute atomic E-state index is 0.149. The molecule has 0 aromatic heterocycles. The Morgan fingerprint density at radius 3 is 2.62 bits per heavy atom. The number of hydrogen-bond acceptors (Lipinski definition) is 5. The molecule has 1 saturated heterocycles. The molecule has 2 aromatic rings. The number of nitrogens with zero attached hydrogens (tertiary/aromatic N) is 1. The van der Waals surface area contributed by atoms with Gasteiger partial charge in [-0.15, -0.1) is 0 Å². The van der Waals surface area contributed by atoms with Crippen molar-refractivity contribution in [2.75, 3.05) is 46.0 Å². The van der Waals surface area contributed by atoms with Gasteiger partial charge in [0.2, 0.25) is 0 Å². The highest BCUT2D eigenvalue weighted by Gasteiger charge is 2.13. The van der Waals surface area contributed by atoms with Crippen LogP contribution in [-0.4, -0.2) is 50.9 Å². The molecule has 0 amide bonds. The van der Waals surface area contributed by atoms with Gasteiger partial charge in [0.1, 0.15) is 12.4 Å². The molecule has 1 heterocycles. The lowest BCUT2D eigenvalue weighted by atomic mass is 10.2. The zero-order valence-corrected chi connectivity index (χ0v) is 18.3.